The third-order valence-electron chi connectivity index (χ3n) is 3.31. The van der Waals surface area contributed by atoms with Crippen molar-refractivity contribution >= 4 is 11.9 Å². The van der Waals surface area contributed by atoms with Crippen LogP contribution in [0.5, 0.6) is 0 Å². The van der Waals surface area contributed by atoms with Crippen LogP contribution in [0.15, 0.2) is 4.52 Å². The molecule has 0 aliphatic heterocycles. The van der Waals surface area contributed by atoms with Gasteiger partial charge in [-0.25, -0.2) is 4.79 Å². The third-order valence-corrected chi connectivity index (χ3v) is 3.31. The van der Waals surface area contributed by atoms with Crippen LogP contribution in [0.2, 0.25) is 0 Å². The summed E-state index contributed by atoms with van der Waals surface area (Å²) in [5.41, 5.74) is 1.75. The summed E-state index contributed by atoms with van der Waals surface area (Å²) in [6, 6.07) is -0.591. The van der Waals surface area contributed by atoms with Gasteiger partial charge < -0.3 is 14.6 Å². The number of hydrogen-bond acceptors (Lipinski definition) is 5. The number of esters is 1. The lowest BCUT2D eigenvalue weighted by atomic mass is 10.0. The number of hydrogen-bond donors (Lipinski definition) is 1. The molecule has 1 atom stereocenters. The topological polar surface area (TPSA) is 81.4 Å². The second kappa shape index (κ2) is 7.81. The van der Waals surface area contributed by atoms with Gasteiger partial charge in [0.05, 0.1) is 12.8 Å². The summed E-state index contributed by atoms with van der Waals surface area (Å²) in [6.07, 6.45) is 1.39. The van der Waals surface area contributed by atoms with E-state index < -0.39 is 12.0 Å². The molecule has 0 bridgehead atoms. The van der Waals surface area contributed by atoms with Crippen molar-refractivity contribution in [3.05, 3.63) is 17.0 Å². The smallest absolute Gasteiger partial charge is 0.328 e. The van der Waals surface area contributed by atoms with Crippen LogP contribution in [0.4, 0.5) is 0 Å². The Bertz CT molecular complexity index is 474. The molecule has 1 N–H and O–H groups in total. The zero-order valence-electron chi connectivity index (χ0n) is 13.4. The van der Waals surface area contributed by atoms with E-state index in [9.17, 15) is 9.59 Å². The van der Waals surface area contributed by atoms with Gasteiger partial charge in [-0.3, -0.25) is 4.79 Å². The van der Waals surface area contributed by atoms with Gasteiger partial charge >= 0.3 is 5.97 Å². The van der Waals surface area contributed by atoms with Crippen molar-refractivity contribution in [3.8, 4) is 0 Å². The van der Waals surface area contributed by atoms with Crippen molar-refractivity contribution < 1.29 is 18.8 Å². The van der Waals surface area contributed by atoms with Gasteiger partial charge in [0.2, 0.25) is 5.91 Å². The normalized spacial score (nSPS) is 12.3. The van der Waals surface area contributed by atoms with E-state index in [0.29, 0.717) is 12.8 Å². The predicted octanol–water partition coefficient (Wildman–Crippen LogP) is 1.93. The summed E-state index contributed by atoms with van der Waals surface area (Å²) < 4.78 is 9.79. The first-order valence-electron chi connectivity index (χ1n) is 7.14. The molecule has 0 aliphatic rings. The van der Waals surface area contributed by atoms with E-state index in [-0.39, 0.29) is 18.2 Å². The van der Waals surface area contributed by atoms with Crippen molar-refractivity contribution in [1.82, 2.24) is 10.5 Å². The Balaban J connectivity index is 2.56. The summed E-state index contributed by atoms with van der Waals surface area (Å²) >= 11 is 0. The van der Waals surface area contributed by atoms with Crippen molar-refractivity contribution in [3.63, 3.8) is 0 Å². The quantitative estimate of drug-likeness (QED) is 0.777. The van der Waals surface area contributed by atoms with Gasteiger partial charge in [0.25, 0.3) is 0 Å². The summed E-state index contributed by atoms with van der Waals surface area (Å²) in [6.45, 7) is 7.65. The maximum atomic E-state index is 12.0. The van der Waals surface area contributed by atoms with Crippen molar-refractivity contribution in [2.24, 2.45) is 5.92 Å². The van der Waals surface area contributed by atoms with Crippen LogP contribution in [0.1, 0.15) is 43.7 Å². The van der Waals surface area contributed by atoms with Crippen LogP contribution < -0.4 is 5.32 Å². The summed E-state index contributed by atoms with van der Waals surface area (Å²) in [5.74, 6) is 0.435. The molecule has 0 radical (unpaired) electrons. The Morgan fingerprint density at radius 3 is 2.48 bits per heavy atom. The minimum atomic E-state index is -0.591. The van der Waals surface area contributed by atoms with Gasteiger partial charge in [-0.15, -0.1) is 0 Å². The zero-order chi connectivity index (χ0) is 16.0. The van der Waals surface area contributed by atoms with Crippen LogP contribution in [-0.4, -0.2) is 30.2 Å². The van der Waals surface area contributed by atoms with Crippen LogP contribution in [0.25, 0.3) is 0 Å². The van der Waals surface area contributed by atoms with Crippen LogP contribution in [0.3, 0.4) is 0 Å². The first-order valence-corrected chi connectivity index (χ1v) is 7.14. The Morgan fingerprint density at radius 2 is 2.00 bits per heavy atom. The van der Waals surface area contributed by atoms with Gasteiger partial charge in [-0.2, -0.15) is 0 Å². The first kappa shape index (κ1) is 17.2. The molecule has 6 nitrogen and oxygen atoms in total. The Kier molecular flexibility index (Phi) is 6.39. The summed E-state index contributed by atoms with van der Waals surface area (Å²) in [7, 11) is 1.33. The maximum Gasteiger partial charge on any atom is 0.328 e. The number of rotatable bonds is 7. The lowest BCUT2D eigenvalue weighted by Crippen LogP contribution is -2.42. The first-order chi connectivity index (χ1) is 9.85. The summed E-state index contributed by atoms with van der Waals surface area (Å²) in [5, 5.41) is 6.59. The van der Waals surface area contributed by atoms with Gasteiger partial charge in [0.1, 0.15) is 11.8 Å². The molecule has 1 amide bonds. The highest BCUT2D eigenvalue weighted by Gasteiger charge is 2.22. The number of aromatic nitrogens is 1. The minimum Gasteiger partial charge on any atom is -0.467 e. The van der Waals surface area contributed by atoms with Crippen molar-refractivity contribution in [1.29, 1.82) is 0 Å². The largest absolute Gasteiger partial charge is 0.467 e. The van der Waals surface area contributed by atoms with E-state index in [1.54, 1.807) is 0 Å². The van der Waals surface area contributed by atoms with E-state index in [2.05, 4.69) is 10.5 Å². The standard InChI is InChI=1S/C15H24N2O4/c1-9(2)8-13(15(19)20-5)16-14(18)7-6-12-10(3)17-21-11(12)4/h9,13H,6-8H2,1-5H3,(H,16,18). The highest BCUT2D eigenvalue weighted by atomic mass is 16.5. The fourth-order valence-electron chi connectivity index (χ4n) is 2.19. The average molecular weight is 296 g/mol. The highest BCUT2D eigenvalue weighted by molar-refractivity contribution is 5.84. The van der Waals surface area contributed by atoms with E-state index in [1.165, 1.54) is 7.11 Å². The predicted molar refractivity (Wildman–Crippen MR) is 77.7 cm³/mol. The molecule has 0 aliphatic carbocycles. The Hall–Kier alpha value is -1.85. The molecular weight excluding hydrogens is 272 g/mol. The van der Waals surface area contributed by atoms with Crippen molar-refractivity contribution in [2.45, 2.75) is 53.0 Å². The number of nitrogens with zero attached hydrogens (tertiary/aromatic N) is 1. The second-order valence-corrected chi connectivity index (χ2v) is 5.58. The van der Waals surface area contributed by atoms with E-state index in [4.69, 9.17) is 9.26 Å². The Labute approximate surface area is 125 Å². The molecule has 21 heavy (non-hydrogen) atoms. The zero-order valence-corrected chi connectivity index (χ0v) is 13.4. The van der Waals surface area contributed by atoms with E-state index in [0.717, 1.165) is 17.0 Å². The second-order valence-electron chi connectivity index (χ2n) is 5.58. The fourth-order valence-corrected chi connectivity index (χ4v) is 2.19. The number of carbonyl (C=O) groups excluding carboxylic acids is 2. The molecule has 1 aromatic heterocycles. The maximum absolute atomic E-state index is 12.0. The molecule has 1 rings (SSSR count). The molecule has 118 valence electrons. The van der Waals surface area contributed by atoms with Gasteiger partial charge in [-0.05, 0) is 32.6 Å². The van der Waals surface area contributed by atoms with Gasteiger partial charge in [0, 0.05) is 12.0 Å². The molecule has 6 heteroatoms. The number of aryl methyl sites for hydroxylation is 2. The summed E-state index contributed by atoms with van der Waals surface area (Å²) in [4.78, 5) is 23.7. The SMILES string of the molecule is COC(=O)C(CC(C)C)NC(=O)CCc1c(C)noc1C. The molecular formula is C15H24N2O4. The lowest BCUT2D eigenvalue weighted by molar-refractivity contribution is -0.145. The minimum absolute atomic E-state index is 0.175. The van der Waals surface area contributed by atoms with Crippen LogP contribution >= 0.6 is 0 Å². The highest BCUT2D eigenvalue weighted by Crippen LogP contribution is 2.14. The third kappa shape index (κ3) is 5.21. The monoisotopic (exact) mass is 296 g/mol. The van der Waals surface area contributed by atoms with E-state index >= 15 is 0 Å². The van der Waals surface area contributed by atoms with Gasteiger partial charge in [-0.1, -0.05) is 19.0 Å². The average Bonchev–Trinajstić information content (AvgIpc) is 2.73. The molecule has 1 heterocycles. The number of nitrogens with one attached hydrogen (secondary N) is 1. The van der Waals surface area contributed by atoms with Crippen LogP contribution in [-0.2, 0) is 20.7 Å². The molecule has 1 aromatic rings. The molecule has 0 saturated carbocycles. The van der Waals surface area contributed by atoms with Crippen molar-refractivity contribution in [2.75, 3.05) is 7.11 Å². The molecule has 0 saturated heterocycles. The number of amides is 1. The number of methoxy groups -OCH3 is 1. The number of carbonyl (C=O) groups is 2. The van der Waals surface area contributed by atoms with E-state index in [1.807, 2.05) is 27.7 Å². The molecule has 0 fully saturated rings. The van der Waals surface area contributed by atoms with Crippen LogP contribution in [0, 0.1) is 19.8 Å². The molecule has 1 unspecified atom stereocenters. The Morgan fingerprint density at radius 1 is 1.33 bits per heavy atom. The fraction of sp³-hybridized carbons (Fsp3) is 0.667. The lowest BCUT2D eigenvalue weighted by Gasteiger charge is -2.18. The molecule has 0 spiro atoms. The molecule has 0 aromatic carbocycles. The van der Waals surface area contributed by atoms with Gasteiger partial charge in [0.15, 0.2) is 0 Å². The number of ether oxygens (including phenoxy) is 1.